The first-order valence-corrected chi connectivity index (χ1v) is 9.08. The summed E-state index contributed by atoms with van der Waals surface area (Å²) in [4.78, 5) is 61.5. The maximum Gasteiger partial charge on any atom is 0.335 e. The number of amides is 2. The molecule has 1 N–H and O–H groups in total. The third kappa shape index (κ3) is 2.79. The fourth-order valence-electron chi connectivity index (χ4n) is 4.22. The Morgan fingerprint density at radius 2 is 1.67 bits per heavy atom. The Labute approximate surface area is 170 Å². The molecule has 1 aromatic rings. The molecule has 10 nitrogen and oxygen atoms in total. The molecule has 3 aliphatic heterocycles. The minimum atomic E-state index is -1.63. The summed E-state index contributed by atoms with van der Waals surface area (Å²) in [6.45, 7) is 2.24. The highest BCUT2D eigenvalue weighted by atomic mass is 16.7. The molecule has 30 heavy (non-hydrogen) atoms. The molecular formula is C20H17NO9. The van der Waals surface area contributed by atoms with E-state index in [4.69, 9.17) is 19.3 Å². The lowest BCUT2D eigenvalue weighted by atomic mass is 9.76. The Balaban J connectivity index is 1.71. The molecule has 3 aliphatic rings. The molecule has 0 aromatic heterocycles. The van der Waals surface area contributed by atoms with Crippen LogP contribution >= 0.6 is 0 Å². The van der Waals surface area contributed by atoms with Crippen molar-refractivity contribution in [2.24, 2.45) is 11.8 Å². The van der Waals surface area contributed by atoms with Gasteiger partial charge in [-0.2, -0.15) is 0 Å². The first kappa shape index (κ1) is 19.8. The Bertz CT molecular complexity index is 982. The number of carbonyl (C=O) groups excluding carboxylic acids is 4. The van der Waals surface area contributed by atoms with E-state index < -0.39 is 59.6 Å². The van der Waals surface area contributed by atoms with Gasteiger partial charge in [0.2, 0.25) is 11.8 Å². The SMILES string of the molecule is CC(=O)OC(OC(C)=O)[C@]12C=C[C@H](O1)[C@@H]1C(=O)N(c3ccc(C(=O)O)cc3)C(=O)[C@@H]12. The van der Waals surface area contributed by atoms with Gasteiger partial charge in [0.15, 0.2) is 5.60 Å². The van der Waals surface area contributed by atoms with Gasteiger partial charge < -0.3 is 19.3 Å². The van der Waals surface area contributed by atoms with E-state index in [1.165, 1.54) is 30.3 Å². The van der Waals surface area contributed by atoms with Crippen LogP contribution in [0.25, 0.3) is 0 Å². The molecule has 2 amide bonds. The molecule has 2 fully saturated rings. The predicted octanol–water partition coefficient (Wildman–Crippen LogP) is 0.650. The Morgan fingerprint density at radius 3 is 2.20 bits per heavy atom. The van der Waals surface area contributed by atoms with Gasteiger partial charge in [-0.15, -0.1) is 0 Å². The van der Waals surface area contributed by atoms with Gasteiger partial charge in [-0.3, -0.25) is 19.2 Å². The van der Waals surface area contributed by atoms with E-state index in [1.807, 2.05) is 0 Å². The molecule has 0 saturated carbocycles. The summed E-state index contributed by atoms with van der Waals surface area (Å²) in [5, 5.41) is 9.04. The number of benzene rings is 1. The van der Waals surface area contributed by atoms with Crippen LogP contribution in [0.2, 0.25) is 0 Å². The smallest absolute Gasteiger partial charge is 0.335 e. The minimum absolute atomic E-state index is 0.00404. The number of esters is 2. The lowest BCUT2D eigenvalue weighted by Crippen LogP contribution is -2.52. The Hall–Kier alpha value is -3.53. The number of fused-ring (bicyclic) bond motifs is 5. The van der Waals surface area contributed by atoms with E-state index in [0.717, 1.165) is 18.7 Å². The zero-order chi connectivity index (χ0) is 21.8. The number of ether oxygens (including phenoxy) is 3. The molecule has 1 aromatic carbocycles. The number of rotatable bonds is 5. The topological polar surface area (TPSA) is 137 Å². The van der Waals surface area contributed by atoms with Gasteiger partial charge in [-0.1, -0.05) is 6.08 Å². The average Bonchev–Trinajstić information content (AvgIpc) is 3.32. The molecular weight excluding hydrogens is 398 g/mol. The number of hydrogen-bond donors (Lipinski definition) is 1. The van der Waals surface area contributed by atoms with E-state index >= 15 is 0 Å². The normalized spacial score (nSPS) is 28.8. The second-order valence-corrected chi connectivity index (χ2v) is 7.21. The fraction of sp³-hybridized carbons (Fsp3) is 0.350. The van der Waals surface area contributed by atoms with Crippen LogP contribution in [0.5, 0.6) is 0 Å². The average molecular weight is 415 g/mol. The summed E-state index contributed by atoms with van der Waals surface area (Å²) in [7, 11) is 0. The van der Waals surface area contributed by atoms with E-state index in [2.05, 4.69) is 0 Å². The highest BCUT2D eigenvalue weighted by Gasteiger charge is 2.72. The second-order valence-electron chi connectivity index (χ2n) is 7.21. The number of anilines is 1. The number of imide groups is 1. The lowest BCUT2D eigenvalue weighted by molar-refractivity contribution is -0.226. The fourth-order valence-corrected chi connectivity index (χ4v) is 4.22. The minimum Gasteiger partial charge on any atom is -0.478 e. The van der Waals surface area contributed by atoms with Crippen LogP contribution < -0.4 is 4.90 Å². The molecule has 2 bridgehead atoms. The van der Waals surface area contributed by atoms with Crippen molar-refractivity contribution in [1.82, 2.24) is 0 Å². The van der Waals surface area contributed by atoms with Crippen LogP contribution in [0.3, 0.4) is 0 Å². The number of carboxylic acids is 1. The monoisotopic (exact) mass is 415 g/mol. The van der Waals surface area contributed by atoms with Crippen molar-refractivity contribution >= 4 is 35.4 Å². The van der Waals surface area contributed by atoms with Crippen molar-refractivity contribution in [3.63, 3.8) is 0 Å². The lowest BCUT2D eigenvalue weighted by Gasteiger charge is -2.34. The van der Waals surface area contributed by atoms with Gasteiger partial charge in [0.05, 0.1) is 29.2 Å². The maximum atomic E-state index is 13.3. The van der Waals surface area contributed by atoms with Crippen LogP contribution in [-0.4, -0.2) is 52.8 Å². The molecule has 156 valence electrons. The number of hydrogen-bond acceptors (Lipinski definition) is 8. The second kappa shape index (κ2) is 6.77. The Morgan fingerprint density at radius 1 is 1.07 bits per heavy atom. The summed E-state index contributed by atoms with van der Waals surface area (Å²) in [6.07, 6.45) is 0.749. The number of nitrogens with zero attached hydrogens (tertiary/aromatic N) is 1. The van der Waals surface area contributed by atoms with Crippen molar-refractivity contribution < 1.29 is 43.3 Å². The number of aromatic carboxylic acids is 1. The van der Waals surface area contributed by atoms with Crippen LogP contribution in [-0.2, 0) is 33.4 Å². The highest BCUT2D eigenvalue weighted by Crippen LogP contribution is 2.54. The summed E-state index contributed by atoms with van der Waals surface area (Å²) in [5.74, 6) is -5.77. The van der Waals surface area contributed by atoms with Gasteiger partial charge >= 0.3 is 17.9 Å². The first-order valence-electron chi connectivity index (χ1n) is 9.08. The molecule has 3 heterocycles. The van der Waals surface area contributed by atoms with Crippen molar-refractivity contribution in [2.75, 3.05) is 4.90 Å². The molecule has 2 saturated heterocycles. The van der Waals surface area contributed by atoms with E-state index in [0.29, 0.717) is 0 Å². The van der Waals surface area contributed by atoms with Gasteiger partial charge in [0.1, 0.15) is 0 Å². The van der Waals surface area contributed by atoms with Crippen molar-refractivity contribution in [3.8, 4) is 0 Å². The maximum absolute atomic E-state index is 13.3. The van der Waals surface area contributed by atoms with Crippen LogP contribution in [0, 0.1) is 11.8 Å². The molecule has 0 radical (unpaired) electrons. The number of carboxylic acid groups (broad SMARTS) is 1. The van der Waals surface area contributed by atoms with Gasteiger partial charge in [-0.25, -0.2) is 9.69 Å². The van der Waals surface area contributed by atoms with E-state index in [-0.39, 0.29) is 11.3 Å². The van der Waals surface area contributed by atoms with Gasteiger partial charge in [0.25, 0.3) is 6.29 Å². The summed E-state index contributed by atoms with van der Waals surface area (Å²) in [6, 6.07) is 5.29. The van der Waals surface area contributed by atoms with Crippen molar-refractivity contribution in [2.45, 2.75) is 31.8 Å². The molecule has 0 spiro atoms. The quantitative estimate of drug-likeness (QED) is 0.318. The molecule has 10 heteroatoms. The first-order chi connectivity index (χ1) is 14.2. The van der Waals surface area contributed by atoms with Gasteiger partial charge in [-0.05, 0) is 30.3 Å². The van der Waals surface area contributed by atoms with E-state index in [1.54, 1.807) is 6.08 Å². The Kier molecular flexibility index (Phi) is 4.46. The summed E-state index contributed by atoms with van der Waals surface area (Å²) in [5.41, 5.74) is -1.42. The summed E-state index contributed by atoms with van der Waals surface area (Å²) < 4.78 is 16.1. The predicted molar refractivity (Wildman–Crippen MR) is 96.9 cm³/mol. The van der Waals surface area contributed by atoms with E-state index in [9.17, 15) is 24.0 Å². The van der Waals surface area contributed by atoms with Crippen LogP contribution in [0.4, 0.5) is 5.69 Å². The zero-order valence-corrected chi connectivity index (χ0v) is 15.9. The standard InChI is InChI=1S/C20H17NO9/c1-9(22)28-19(29-10(2)23)20-8-7-13(30-20)14-15(20)17(25)21(16(14)24)12-5-3-11(4-6-12)18(26)27/h3-8,13-15,19H,1-2H3,(H,26,27)/t13-,14-,15+,20+/m0/s1. The third-order valence-electron chi connectivity index (χ3n) is 5.36. The molecule has 4 rings (SSSR count). The molecule has 0 unspecified atom stereocenters. The van der Waals surface area contributed by atoms with Crippen LogP contribution in [0.1, 0.15) is 24.2 Å². The number of carbonyl (C=O) groups is 5. The van der Waals surface area contributed by atoms with Gasteiger partial charge in [0, 0.05) is 13.8 Å². The van der Waals surface area contributed by atoms with Crippen LogP contribution in [0.15, 0.2) is 36.4 Å². The largest absolute Gasteiger partial charge is 0.478 e. The third-order valence-corrected chi connectivity index (χ3v) is 5.36. The van der Waals surface area contributed by atoms with Crippen molar-refractivity contribution in [1.29, 1.82) is 0 Å². The highest BCUT2D eigenvalue weighted by molar-refractivity contribution is 6.23. The molecule has 4 atom stereocenters. The van der Waals surface area contributed by atoms with Crippen molar-refractivity contribution in [3.05, 3.63) is 42.0 Å². The summed E-state index contributed by atoms with van der Waals surface area (Å²) >= 11 is 0. The zero-order valence-electron chi connectivity index (χ0n) is 15.9. The molecule has 0 aliphatic carbocycles.